The van der Waals surface area contributed by atoms with Gasteiger partial charge in [-0.05, 0) is 28.1 Å². The molecule has 1 heterocycles. The van der Waals surface area contributed by atoms with Gasteiger partial charge in [-0.25, -0.2) is 0 Å². The highest BCUT2D eigenvalue weighted by Gasteiger charge is 2.29. The fourth-order valence-electron chi connectivity index (χ4n) is 0.573. The van der Waals surface area contributed by atoms with E-state index >= 15 is 0 Å². The van der Waals surface area contributed by atoms with Crippen molar-refractivity contribution >= 4 is 29.1 Å². The molecule has 0 aliphatic heterocycles. The van der Waals surface area contributed by atoms with Gasteiger partial charge in [-0.15, -0.1) is 0 Å². The lowest BCUT2D eigenvalue weighted by Gasteiger charge is -1.97. The van der Waals surface area contributed by atoms with Crippen molar-refractivity contribution in [3.8, 4) is 0 Å². The third kappa shape index (κ3) is 2.04. The van der Waals surface area contributed by atoms with E-state index in [4.69, 9.17) is 9.79 Å². The smallest absolute Gasteiger partial charge is 0.399 e. The highest BCUT2D eigenvalue weighted by atomic mass is 79.9. The molecule has 0 radical (unpaired) electrons. The molecular formula is C5H4BrO5P. The number of halogens is 1. The van der Waals surface area contributed by atoms with Gasteiger partial charge in [0, 0.05) is 0 Å². The minimum atomic E-state index is -4.72. The number of carbonyl (C=O) groups is 1. The molecule has 0 saturated heterocycles. The summed E-state index contributed by atoms with van der Waals surface area (Å²) in [6, 6.07) is 2.56. The lowest BCUT2D eigenvalue weighted by molar-refractivity contribution is 0.101. The standard InChI is InChI=1S/C5H4BrO5P/c6-4-2-1-3(11-4)5(7)12(8,9)10/h1-2H,(H2,8,9,10). The van der Waals surface area contributed by atoms with Gasteiger partial charge >= 0.3 is 13.1 Å². The van der Waals surface area contributed by atoms with E-state index in [1.165, 1.54) is 12.1 Å². The SMILES string of the molecule is O=C(c1ccc(Br)o1)P(=O)(O)O. The maximum Gasteiger partial charge on any atom is 0.399 e. The van der Waals surface area contributed by atoms with Gasteiger partial charge in [-0.1, -0.05) is 0 Å². The Kier molecular flexibility index (Phi) is 2.53. The van der Waals surface area contributed by atoms with E-state index in [2.05, 4.69) is 20.3 Å². The van der Waals surface area contributed by atoms with Crippen molar-refractivity contribution in [2.24, 2.45) is 0 Å². The first-order chi connectivity index (χ1) is 5.41. The molecule has 0 atom stereocenters. The van der Waals surface area contributed by atoms with Gasteiger partial charge in [0.2, 0.25) is 0 Å². The fourth-order valence-corrected chi connectivity index (χ4v) is 1.29. The van der Waals surface area contributed by atoms with Crippen LogP contribution in [-0.2, 0) is 4.57 Å². The third-order valence-corrected chi connectivity index (χ3v) is 2.22. The van der Waals surface area contributed by atoms with E-state index in [0.717, 1.165) is 0 Å². The zero-order valence-electron chi connectivity index (χ0n) is 5.60. The highest BCUT2D eigenvalue weighted by Crippen LogP contribution is 2.39. The first-order valence-corrected chi connectivity index (χ1v) is 5.17. The lowest BCUT2D eigenvalue weighted by atomic mass is 10.5. The molecule has 12 heavy (non-hydrogen) atoms. The van der Waals surface area contributed by atoms with Crippen LogP contribution in [0, 0.1) is 0 Å². The van der Waals surface area contributed by atoms with Crippen LogP contribution in [0.2, 0.25) is 0 Å². The van der Waals surface area contributed by atoms with Crippen LogP contribution in [0.5, 0.6) is 0 Å². The van der Waals surface area contributed by atoms with Gasteiger partial charge in [-0.2, -0.15) is 0 Å². The summed E-state index contributed by atoms with van der Waals surface area (Å²) in [5.41, 5.74) is -1.31. The van der Waals surface area contributed by atoms with E-state index < -0.39 is 13.1 Å². The number of hydrogen-bond donors (Lipinski definition) is 2. The Morgan fingerprint density at radius 1 is 1.50 bits per heavy atom. The van der Waals surface area contributed by atoms with Gasteiger partial charge in [-0.3, -0.25) is 9.36 Å². The summed E-state index contributed by atoms with van der Waals surface area (Å²) in [6.45, 7) is 0. The summed E-state index contributed by atoms with van der Waals surface area (Å²) in [4.78, 5) is 27.7. The van der Waals surface area contributed by atoms with Gasteiger partial charge in [0.15, 0.2) is 10.4 Å². The summed E-state index contributed by atoms with van der Waals surface area (Å²) >= 11 is 2.90. The van der Waals surface area contributed by atoms with Gasteiger partial charge < -0.3 is 14.2 Å². The van der Waals surface area contributed by atoms with Crippen molar-refractivity contribution in [2.75, 3.05) is 0 Å². The van der Waals surface area contributed by atoms with Crippen LogP contribution >= 0.6 is 23.5 Å². The Morgan fingerprint density at radius 2 is 2.08 bits per heavy atom. The van der Waals surface area contributed by atoms with E-state index in [1.54, 1.807) is 0 Å². The Bertz CT molecular complexity index is 350. The Labute approximate surface area is 75.7 Å². The molecule has 1 rings (SSSR count). The normalized spacial score (nSPS) is 11.6. The molecule has 0 amide bonds. The summed E-state index contributed by atoms with van der Waals surface area (Å²) in [5.74, 6) is -0.352. The number of hydrogen-bond acceptors (Lipinski definition) is 3. The minimum absolute atomic E-state index is 0.249. The molecule has 0 aromatic carbocycles. The molecule has 0 saturated carbocycles. The van der Waals surface area contributed by atoms with Crippen molar-refractivity contribution in [3.05, 3.63) is 22.6 Å². The fraction of sp³-hybridized carbons (Fsp3) is 0. The first-order valence-electron chi connectivity index (χ1n) is 2.77. The quantitative estimate of drug-likeness (QED) is 0.779. The van der Waals surface area contributed by atoms with Crippen LogP contribution in [-0.4, -0.2) is 15.3 Å². The second-order valence-electron chi connectivity index (χ2n) is 1.95. The van der Waals surface area contributed by atoms with Gasteiger partial charge in [0.05, 0.1) is 0 Å². The molecule has 7 heteroatoms. The molecule has 1 aromatic rings. The molecule has 66 valence electrons. The Hall–Kier alpha value is -0.420. The van der Waals surface area contributed by atoms with E-state index in [1.807, 2.05) is 0 Å². The van der Waals surface area contributed by atoms with Crippen molar-refractivity contribution in [2.45, 2.75) is 0 Å². The van der Waals surface area contributed by atoms with Crippen LogP contribution in [0.25, 0.3) is 0 Å². The van der Waals surface area contributed by atoms with Crippen LogP contribution in [0.4, 0.5) is 0 Å². The minimum Gasteiger partial charge on any atom is -0.446 e. The van der Waals surface area contributed by atoms with Crippen molar-refractivity contribution in [1.82, 2.24) is 0 Å². The molecule has 2 N–H and O–H groups in total. The maximum absolute atomic E-state index is 10.8. The molecule has 0 aliphatic carbocycles. The predicted octanol–water partition coefficient (Wildman–Crippen LogP) is 1.36. The van der Waals surface area contributed by atoms with Gasteiger partial charge in [0.25, 0.3) is 0 Å². The second kappa shape index (κ2) is 3.14. The molecule has 0 fully saturated rings. The van der Waals surface area contributed by atoms with Crippen LogP contribution in [0.1, 0.15) is 10.6 Å². The van der Waals surface area contributed by atoms with Crippen molar-refractivity contribution in [3.63, 3.8) is 0 Å². The maximum atomic E-state index is 10.8. The molecular weight excluding hydrogens is 251 g/mol. The molecule has 0 aliphatic rings. The van der Waals surface area contributed by atoms with Crippen LogP contribution in [0.15, 0.2) is 21.2 Å². The molecule has 0 unspecified atom stereocenters. The van der Waals surface area contributed by atoms with Gasteiger partial charge in [0.1, 0.15) is 0 Å². The van der Waals surface area contributed by atoms with E-state index in [9.17, 15) is 9.36 Å². The Morgan fingerprint density at radius 3 is 2.42 bits per heavy atom. The largest absolute Gasteiger partial charge is 0.446 e. The summed E-state index contributed by atoms with van der Waals surface area (Å²) in [5, 5.41) is 0. The number of furan rings is 1. The molecule has 0 spiro atoms. The molecule has 5 nitrogen and oxygen atoms in total. The average molecular weight is 255 g/mol. The third-order valence-electron chi connectivity index (χ3n) is 1.05. The zero-order valence-corrected chi connectivity index (χ0v) is 8.08. The van der Waals surface area contributed by atoms with Crippen molar-refractivity contribution in [1.29, 1.82) is 0 Å². The summed E-state index contributed by atoms with van der Waals surface area (Å²) < 4.78 is 15.3. The number of carbonyl (C=O) groups excluding carboxylic acids is 1. The topological polar surface area (TPSA) is 87.7 Å². The highest BCUT2D eigenvalue weighted by molar-refractivity contribution is 9.10. The van der Waals surface area contributed by atoms with Crippen LogP contribution in [0.3, 0.4) is 0 Å². The van der Waals surface area contributed by atoms with E-state index in [0.29, 0.717) is 0 Å². The molecule has 0 bridgehead atoms. The second-order valence-corrected chi connectivity index (χ2v) is 4.23. The monoisotopic (exact) mass is 254 g/mol. The Balaban J connectivity index is 3.01. The summed E-state index contributed by atoms with van der Waals surface area (Å²) in [6.07, 6.45) is 0. The zero-order chi connectivity index (χ0) is 9.35. The van der Waals surface area contributed by atoms with Crippen molar-refractivity contribution < 1.29 is 23.6 Å². The molecule has 1 aromatic heterocycles. The number of rotatable bonds is 2. The lowest BCUT2D eigenvalue weighted by Crippen LogP contribution is -1.97. The summed E-state index contributed by atoms with van der Waals surface area (Å²) in [7, 11) is -4.72. The average Bonchev–Trinajstić information content (AvgIpc) is 2.32. The first kappa shape index (κ1) is 9.67. The van der Waals surface area contributed by atoms with Crippen LogP contribution < -0.4 is 0 Å². The van der Waals surface area contributed by atoms with E-state index in [-0.39, 0.29) is 10.4 Å². The predicted molar refractivity (Wildman–Crippen MR) is 42.8 cm³/mol.